The number of esters is 1. The van der Waals surface area contributed by atoms with Crippen molar-refractivity contribution < 1.29 is 9.53 Å². The van der Waals surface area contributed by atoms with Crippen LogP contribution in [0.1, 0.15) is 91.4 Å². The zero-order chi connectivity index (χ0) is 15.1. The minimum Gasteiger partial charge on any atom is -0.462 e. The summed E-state index contributed by atoms with van der Waals surface area (Å²) in [7, 11) is 0. The lowest BCUT2D eigenvalue weighted by Crippen LogP contribution is -2.07. The number of hydrogen-bond acceptors (Lipinski definition) is 2. The molecule has 0 N–H and O–H groups in total. The van der Waals surface area contributed by atoms with Crippen molar-refractivity contribution in [2.24, 2.45) is 0 Å². The van der Waals surface area contributed by atoms with Crippen LogP contribution >= 0.6 is 0 Å². The number of carbonyl (C=O) groups is 1. The first-order valence-corrected chi connectivity index (χ1v) is 8.56. The second-order valence-electron chi connectivity index (χ2n) is 5.64. The lowest BCUT2D eigenvalue weighted by molar-refractivity contribution is -0.139. The summed E-state index contributed by atoms with van der Waals surface area (Å²) >= 11 is 0. The Morgan fingerprint density at radius 2 is 1.40 bits per heavy atom. The molecule has 0 saturated heterocycles. The van der Waals surface area contributed by atoms with Crippen LogP contribution in [0.2, 0.25) is 0 Å². The van der Waals surface area contributed by atoms with E-state index >= 15 is 0 Å². The van der Waals surface area contributed by atoms with Gasteiger partial charge in [-0.15, -0.1) is 0 Å². The molecule has 0 atom stereocenters. The summed E-state index contributed by atoms with van der Waals surface area (Å²) in [5.41, 5.74) is 0.772. The molecule has 0 aromatic heterocycles. The van der Waals surface area contributed by atoms with Gasteiger partial charge in [0, 0.05) is 5.57 Å². The maximum atomic E-state index is 11.7. The quantitative estimate of drug-likeness (QED) is 0.242. The molecule has 0 aliphatic rings. The molecule has 0 radical (unpaired) electrons. The molecule has 0 aromatic rings. The first kappa shape index (κ1) is 19.2. The Hall–Kier alpha value is -0.790. The van der Waals surface area contributed by atoms with E-state index in [1.807, 2.05) is 13.0 Å². The SMILES string of the molecule is CCCCCCCCC=C(C)C(=O)OCCCCCC. The molecular weight excluding hydrogens is 248 g/mol. The Kier molecular flexibility index (Phi) is 14.0. The predicted molar refractivity (Wildman–Crippen MR) is 86.9 cm³/mol. The number of rotatable bonds is 13. The molecule has 2 heteroatoms. The van der Waals surface area contributed by atoms with E-state index in [0.717, 1.165) is 24.8 Å². The van der Waals surface area contributed by atoms with Gasteiger partial charge in [0.05, 0.1) is 6.61 Å². The highest BCUT2D eigenvalue weighted by molar-refractivity contribution is 5.87. The zero-order valence-corrected chi connectivity index (χ0v) is 13.9. The third-order valence-corrected chi connectivity index (χ3v) is 3.56. The van der Waals surface area contributed by atoms with Crippen LogP contribution < -0.4 is 0 Å². The zero-order valence-electron chi connectivity index (χ0n) is 13.9. The Morgan fingerprint density at radius 3 is 2.05 bits per heavy atom. The van der Waals surface area contributed by atoms with E-state index in [4.69, 9.17) is 4.74 Å². The fourth-order valence-corrected chi connectivity index (χ4v) is 2.13. The van der Waals surface area contributed by atoms with Crippen LogP contribution in [0.15, 0.2) is 11.6 Å². The van der Waals surface area contributed by atoms with Gasteiger partial charge in [-0.25, -0.2) is 4.79 Å². The van der Waals surface area contributed by atoms with Crippen molar-refractivity contribution in [3.05, 3.63) is 11.6 Å². The van der Waals surface area contributed by atoms with Crippen molar-refractivity contribution in [3.63, 3.8) is 0 Å². The number of hydrogen-bond donors (Lipinski definition) is 0. The van der Waals surface area contributed by atoms with Gasteiger partial charge in [0.15, 0.2) is 0 Å². The minimum atomic E-state index is -0.132. The van der Waals surface area contributed by atoms with Gasteiger partial charge < -0.3 is 4.74 Å². The van der Waals surface area contributed by atoms with E-state index in [-0.39, 0.29) is 5.97 Å². The average molecular weight is 282 g/mol. The van der Waals surface area contributed by atoms with Crippen molar-refractivity contribution in [3.8, 4) is 0 Å². The van der Waals surface area contributed by atoms with E-state index in [2.05, 4.69) is 13.8 Å². The number of allylic oxidation sites excluding steroid dienone is 1. The van der Waals surface area contributed by atoms with Crippen LogP contribution in [0.5, 0.6) is 0 Å². The molecule has 0 saturated carbocycles. The largest absolute Gasteiger partial charge is 0.462 e. The Balaban J connectivity index is 3.53. The second kappa shape index (κ2) is 14.6. The van der Waals surface area contributed by atoms with Crippen molar-refractivity contribution in [2.45, 2.75) is 91.4 Å². The maximum Gasteiger partial charge on any atom is 0.333 e. The predicted octanol–water partition coefficient (Wildman–Crippen LogP) is 5.81. The van der Waals surface area contributed by atoms with E-state index in [0.29, 0.717) is 6.61 Å². The van der Waals surface area contributed by atoms with Gasteiger partial charge in [-0.2, -0.15) is 0 Å². The van der Waals surface area contributed by atoms with Gasteiger partial charge in [-0.05, 0) is 26.2 Å². The van der Waals surface area contributed by atoms with Crippen LogP contribution in [-0.2, 0) is 9.53 Å². The first-order chi connectivity index (χ1) is 9.72. The molecule has 0 aliphatic heterocycles. The fraction of sp³-hybridized carbons (Fsp3) is 0.833. The summed E-state index contributed by atoms with van der Waals surface area (Å²) < 4.78 is 5.25. The van der Waals surface area contributed by atoms with E-state index < -0.39 is 0 Å². The summed E-state index contributed by atoms with van der Waals surface area (Å²) in [4.78, 5) is 11.7. The molecule has 118 valence electrons. The molecular formula is C18H34O2. The Bertz CT molecular complexity index is 256. The molecule has 0 aliphatic carbocycles. The van der Waals surface area contributed by atoms with Gasteiger partial charge in [-0.1, -0.05) is 71.3 Å². The Morgan fingerprint density at radius 1 is 0.850 bits per heavy atom. The molecule has 2 nitrogen and oxygen atoms in total. The lowest BCUT2D eigenvalue weighted by Gasteiger charge is -2.05. The van der Waals surface area contributed by atoms with Crippen molar-refractivity contribution in [1.29, 1.82) is 0 Å². The van der Waals surface area contributed by atoms with Gasteiger partial charge in [0.25, 0.3) is 0 Å². The minimum absolute atomic E-state index is 0.132. The third kappa shape index (κ3) is 12.3. The van der Waals surface area contributed by atoms with Gasteiger partial charge in [0.1, 0.15) is 0 Å². The fourth-order valence-electron chi connectivity index (χ4n) is 2.13. The highest BCUT2D eigenvalue weighted by Crippen LogP contribution is 2.09. The standard InChI is InChI=1S/C18H34O2/c1-4-6-8-10-11-12-13-15-17(3)18(19)20-16-14-9-7-5-2/h15H,4-14,16H2,1-3H3. The molecule has 0 fully saturated rings. The number of carbonyl (C=O) groups excluding carboxylic acids is 1. The van der Waals surface area contributed by atoms with E-state index in [9.17, 15) is 4.79 Å². The van der Waals surface area contributed by atoms with Crippen LogP contribution in [0.3, 0.4) is 0 Å². The molecule has 20 heavy (non-hydrogen) atoms. The first-order valence-electron chi connectivity index (χ1n) is 8.56. The van der Waals surface area contributed by atoms with Crippen molar-refractivity contribution in [1.82, 2.24) is 0 Å². The van der Waals surface area contributed by atoms with Crippen LogP contribution in [0, 0.1) is 0 Å². The topological polar surface area (TPSA) is 26.3 Å². The molecule has 0 bridgehead atoms. The summed E-state index contributed by atoms with van der Waals surface area (Å²) in [6, 6.07) is 0. The molecule has 0 amide bonds. The molecule has 0 unspecified atom stereocenters. The van der Waals surface area contributed by atoms with Crippen LogP contribution in [0.4, 0.5) is 0 Å². The summed E-state index contributed by atoms with van der Waals surface area (Å²) in [6.45, 7) is 6.85. The van der Waals surface area contributed by atoms with Crippen LogP contribution in [-0.4, -0.2) is 12.6 Å². The lowest BCUT2D eigenvalue weighted by atomic mass is 10.1. The van der Waals surface area contributed by atoms with Crippen molar-refractivity contribution in [2.75, 3.05) is 6.61 Å². The summed E-state index contributed by atoms with van der Waals surface area (Å²) in [5, 5.41) is 0. The highest BCUT2D eigenvalue weighted by atomic mass is 16.5. The Labute approximate surface area is 126 Å². The second-order valence-corrected chi connectivity index (χ2v) is 5.64. The van der Waals surface area contributed by atoms with Gasteiger partial charge in [0.2, 0.25) is 0 Å². The van der Waals surface area contributed by atoms with Gasteiger partial charge in [-0.3, -0.25) is 0 Å². The van der Waals surface area contributed by atoms with Crippen LogP contribution in [0.25, 0.3) is 0 Å². The molecule has 0 heterocycles. The normalized spacial score (nSPS) is 11.7. The summed E-state index contributed by atoms with van der Waals surface area (Å²) in [5.74, 6) is -0.132. The highest BCUT2D eigenvalue weighted by Gasteiger charge is 2.04. The molecule has 0 spiro atoms. The van der Waals surface area contributed by atoms with Crippen molar-refractivity contribution >= 4 is 5.97 Å². The summed E-state index contributed by atoms with van der Waals surface area (Å²) in [6.07, 6.45) is 15.4. The number of ether oxygens (including phenoxy) is 1. The third-order valence-electron chi connectivity index (χ3n) is 3.56. The molecule has 0 rings (SSSR count). The van der Waals surface area contributed by atoms with Gasteiger partial charge >= 0.3 is 5.97 Å². The maximum absolute atomic E-state index is 11.7. The smallest absolute Gasteiger partial charge is 0.333 e. The number of unbranched alkanes of at least 4 members (excludes halogenated alkanes) is 9. The van der Waals surface area contributed by atoms with E-state index in [1.165, 1.54) is 51.4 Å². The average Bonchev–Trinajstić information content (AvgIpc) is 2.45. The van der Waals surface area contributed by atoms with E-state index in [1.54, 1.807) is 0 Å². The monoisotopic (exact) mass is 282 g/mol. The molecule has 0 aromatic carbocycles.